The van der Waals surface area contributed by atoms with Crippen molar-refractivity contribution >= 4 is 11.8 Å². The van der Waals surface area contributed by atoms with Crippen molar-refractivity contribution in [1.29, 1.82) is 0 Å². The molecule has 0 spiro atoms. The highest BCUT2D eigenvalue weighted by Gasteiger charge is 2.14. The SMILES string of the molecule is O=C(NNC(=O)c1ccccc1Cc1ccccc1)c1ccccc1F. The van der Waals surface area contributed by atoms with E-state index in [0.717, 1.165) is 11.1 Å². The van der Waals surface area contributed by atoms with Crippen molar-refractivity contribution in [3.63, 3.8) is 0 Å². The Bertz CT molecular complexity index is 926. The molecule has 0 saturated carbocycles. The zero-order valence-electron chi connectivity index (χ0n) is 13.9. The molecule has 2 amide bonds. The van der Waals surface area contributed by atoms with E-state index in [1.807, 2.05) is 42.5 Å². The molecular formula is C21H17FN2O2. The summed E-state index contributed by atoms with van der Waals surface area (Å²) in [6.45, 7) is 0. The van der Waals surface area contributed by atoms with Crippen LogP contribution in [0.2, 0.25) is 0 Å². The minimum atomic E-state index is -0.711. The van der Waals surface area contributed by atoms with Gasteiger partial charge in [0, 0.05) is 5.56 Å². The van der Waals surface area contributed by atoms with E-state index in [-0.39, 0.29) is 5.56 Å². The van der Waals surface area contributed by atoms with Crippen LogP contribution in [0.1, 0.15) is 31.8 Å². The lowest BCUT2D eigenvalue weighted by atomic mass is 9.99. The number of benzene rings is 3. The van der Waals surface area contributed by atoms with Crippen molar-refractivity contribution in [2.24, 2.45) is 0 Å². The predicted molar refractivity (Wildman–Crippen MR) is 97.0 cm³/mol. The van der Waals surface area contributed by atoms with Crippen molar-refractivity contribution in [1.82, 2.24) is 10.9 Å². The second kappa shape index (κ2) is 8.07. The van der Waals surface area contributed by atoms with E-state index in [4.69, 9.17) is 0 Å². The van der Waals surface area contributed by atoms with Gasteiger partial charge < -0.3 is 0 Å². The summed E-state index contributed by atoms with van der Waals surface area (Å²) < 4.78 is 13.6. The molecule has 0 heterocycles. The van der Waals surface area contributed by atoms with E-state index in [9.17, 15) is 14.0 Å². The normalized spacial score (nSPS) is 10.2. The summed E-state index contributed by atoms with van der Waals surface area (Å²) in [5, 5.41) is 0. The van der Waals surface area contributed by atoms with E-state index in [1.165, 1.54) is 18.2 Å². The molecule has 3 aromatic carbocycles. The number of amides is 2. The van der Waals surface area contributed by atoms with Crippen molar-refractivity contribution in [3.8, 4) is 0 Å². The van der Waals surface area contributed by atoms with Gasteiger partial charge in [0.15, 0.2) is 0 Å². The number of halogens is 1. The number of hydrazine groups is 1. The Labute approximate surface area is 150 Å². The van der Waals surface area contributed by atoms with Crippen molar-refractivity contribution in [2.45, 2.75) is 6.42 Å². The molecular weight excluding hydrogens is 331 g/mol. The van der Waals surface area contributed by atoms with E-state index in [1.54, 1.807) is 18.2 Å². The van der Waals surface area contributed by atoms with E-state index >= 15 is 0 Å². The van der Waals surface area contributed by atoms with Crippen LogP contribution in [0.3, 0.4) is 0 Å². The third-order valence-corrected chi connectivity index (χ3v) is 3.91. The highest BCUT2D eigenvalue weighted by Crippen LogP contribution is 2.14. The van der Waals surface area contributed by atoms with Gasteiger partial charge in [-0.05, 0) is 35.7 Å². The average Bonchev–Trinajstić information content (AvgIpc) is 2.67. The molecule has 4 nitrogen and oxygen atoms in total. The van der Waals surface area contributed by atoms with Crippen LogP contribution in [0.25, 0.3) is 0 Å². The van der Waals surface area contributed by atoms with E-state index < -0.39 is 17.6 Å². The van der Waals surface area contributed by atoms with Gasteiger partial charge in [0.2, 0.25) is 0 Å². The molecule has 0 fully saturated rings. The molecule has 26 heavy (non-hydrogen) atoms. The molecule has 0 unspecified atom stereocenters. The molecule has 0 radical (unpaired) electrons. The molecule has 0 aliphatic rings. The fourth-order valence-corrected chi connectivity index (χ4v) is 2.61. The molecule has 5 heteroatoms. The van der Waals surface area contributed by atoms with E-state index in [0.29, 0.717) is 12.0 Å². The Hall–Kier alpha value is -3.47. The van der Waals surface area contributed by atoms with Crippen LogP contribution < -0.4 is 10.9 Å². The van der Waals surface area contributed by atoms with Gasteiger partial charge in [-0.25, -0.2) is 4.39 Å². The lowest BCUT2D eigenvalue weighted by molar-refractivity contribution is 0.0844. The summed E-state index contributed by atoms with van der Waals surface area (Å²) >= 11 is 0. The number of carbonyl (C=O) groups excluding carboxylic acids is 2. The van der Waals surface area contributed by atoms with Gasteiger partial charge in [-0.1, -0.05) is 60.7 Å². The van der Waals surface area contributed by atoms with Crippen LogP contribution in [0.4, 0.5) is 4.39 Å². The van der Waals surface area contributed by atoms with Gasteiger partial charge in [0.1, 0.15) is 5.82 Å². The van der Waals surface area contributed by atoms with E-state index in [2.05, 4.69) is 10.9 Å². The summed E-state index contributed by atoms with van der Waals surface area (Å²) in [6.07, 6.45) is 0.589. The summed E-state index contributed by atoms with van der Waals surface area (Å²) in [5.74, 6) is -1.82. The van der Waals surface area contributed by atoms with Gasteiger partial charge in [-0.15, -0.1) is 0 Å². The largest absolute Gasteiger partial charge is 0.272 e. The molecule has 2 N–H and O–H groups in total. The summed E-state index contributed by atoms with van der Waals surface area (Å²) in [4.78, 5) is 24.5. The number of rotatable bonds is 4. The predicted octanol–water partition coefficient (Wildman–Crippen LogP) is 3.49. The lowest BCUT2D eigenvalue weighted by Gasteiger charge is -2.11. The molecule has 3 rings (SSSR count). The molecule has 0 aliphatic heterocycles. The first-order valence-corrected chi connectivity index (χ1v) is 8.12. The van der Waals surface area contributed by atoms with Gasteiger partial charge in [0.25, 0.3) is 11.8 Å². The molecule has 0 aromatic heterocycles. The van der Waals surface area contributed by atoms with Gasteiger partial charge in [-0.3, -0.25) is 20.4 Å². The minimum absolute atomic E-state index is 0.134. The highest BCUT2D eigenvalue weighted by atomic mass is 19.1. The second-order valence-electron chi connectivity index (χ2n) is 5.71. The third kappa shape index (κ3) is 4.13. The average molecular weight is 348 g/mol. The smallest absolute Gasteiger partial charge is 0.267 e. The quantitative estimate of drug-likeness (QED) is 0.709. The topological polar surface area (TPSA) is 58.2 Å². The van der Waals surface area contributed by atoms with Crippen LogP contribution >= 0.6 is 0 Å². The second-order valence-corrected chi connectivity index (χ2v) is 5.71. The summed E-state index contributed by atoms with van der Waals surface area (Å²) in [5.41, 5.74) is 6.81. The van der Waals surface area contributed by atoms with Crippen LogP contribution in [0.15, 0.2) is 78.9 Å². The highest BCUT2D eigenvalue weighted by molar-refractivity contribution is 5.99. The number of carbonyl (C=O) groups is 2. The summed E-state index contributed by atoms with van der Waals surface area (Å²) in [6, 6.07) is 22.5. The fourth-order valence-electron chi connectivity index (χ4n) is 2.61. The maximum absolute atomic E-state index is 13.6. The Morgan fingerprint density at radius 3 is 1.92 bits per heavy atom. The molecule has 3 aromatic rings. The number of hydrogen-bond acceptors (Lipinski definition) is 2. The molecule has 0 saturated heterocycles. The van der Waals surface area contributed by atoms with Crippen molar-refractivity contribution in [3.05, 3.63) is 107 Å². The van der Waals surface area contributed by atoms with Crippen LogP contribution in [0.5, 0.6) is 0 Å². The van der Waals surface area contributed by atoms with Gasteiger partial charge in [0.05, 0.1) is 5.56 Å². The van der Waals surface area contributed by atoms with Gasteiger partial charge in [-0.2, -0.15) is 0 Å². The Morgan fingerprint density at radius 2 is 1.23 bits per heavy atom. The molecule has 130 valence electrons. The molecule has 0 bridgehead atoms. The molecule has 0 aliphatic carbocycles. The van der Waals surface area contributed by atoms with Gasteiger partial charge >= 0.3 is 0 Å². The van der Waals surface area contributed by atoms with Crippen LogP contribution in [0, 0.1) is 5.82 Å². The third-order valence-electron chi connectivity index (χ3n) is 3.91. The van der Waals surface area contributed by atoms with Crippen molar-refractivity contribution in [2.75, 3.05) is 0 Å². The first kappa shape index (κ1) is 17.4. The Kier molecular flexibility index (Phi) is 5.39. The Balaban J connectivity index is 1.70. The summed E-state index contributed by atoms with van der Waals surface area (Å²) in [7, 11) is 0. The maximum atomic E-state index is 13.6. The zero-order chi connectivity index (χ0) is 18.4. The minimum Gasteiger partial charge on any atom is -0.267 e. The standard InChI is InChI=1S/C21H17FN2O2/c22-19-13-7-6-12-18(19)21(26)24-23-20(25)17-11-5-4-10-16(17)14-15-8-2-1-3-9-15/h1-13H,14H2,(H,23,25)(H,24,26). The Morgan fingerprint density at radius 1 is 0.692 bits per heavy atom. The maximum Gasteiger partial charge on any atom is 0.272 e. The first-order chi connectivity index (χ1) is 12.6. The molecule has 0 atom stereocenters. The van der Waals surface area contributed by atoms with Crippen molar-refractivity contribution < 1.29 is 14.0 Å². The van der Waals surface area contributed by atoms with Crippen LogP contribution in [-0.2, 0) is 6.42 Å². The fraction of sp³-hybridized carbons (Fsp3) is 0.0476. The zero-order valence-corrected chi connectivity index (χ0v) is 13.9. The first-order valence-electron chi connectivity index (χ1n) is 8.12. The van der Waals surface area contributed by atoms with Crippen LogP contribution in [-0.4, -0.2) is 11.8 Å². The monoisotopic (exact) mass is 348 g/mol. The number of hydrogen-bond donors (Lipinski definition) is 2. The number of nitrogens with one attached hydrogen (secondary N) is 2. The lowest BCUT2D eigenvalue weighted by Crippen LogP contribution is -2.42.